The summed E-state index contributed by atoms with van der Waals surface area (Å²) in [6, 6.07) is 22.6. The summed E-state index contributed by atoms with van der Waals surface area (Å²) in [6.07, 6.45) is 3.91. The molecule has 0 unspecified atom stereocenters. The van der Waals surface area contributed by atoms with Crippen molar-refractivity contribution >= 4 is 26.8 Å². The van der Waals surface area contributed by atoms with E-state index in [-0.39, 0.29) is 10.8 Å². The van der Waals surface area contributed by atoms with E-state index in [9.17, 15) is 13.2 Å². The summed E-state index contributed by atoms with van der Waals surface area (Å²) in [5, 5.41) is 12.7. The number of carbonyl (C=O) groups is 1. The number of amides is 1. The van der Waals surface area contributed by atoms with Gasteiger partial charge in [-0.1, -0.05) is 30.3 Å². The molecule has 0 saturated heterocycles. The van der Waals surface area contributed by atoms with E-state index in [0.29, 0.717) is 29.1 Å². The summed E-state index contributed by atoms with van der Waals surface area (Å²) in [6.45, 7) is 0.309. The summed E-state index contributed by atoms with van der Waals surface area (Å²) in [4.78, 5) is 12.6. The normalized spacial score (nSPS) is 13.5. The molecule has 3 aromatic carbocycles. The molecule has 33 heavy (non-hydrogen) atoms. The number of fused-ring (bicyclic) bond motifs is 1. The summed E-state index contributed by atoms with van der Waals surface area (Å²) in [7, 11) is -3.80. The molecule has 1 aromatic heterocycles. The lowest BCUT2D eigenvalue weighted by molar-refractivity contribution is 0.0951. The van der Waals surface area contributed by atoms with E-state index in [1.807, 2.05) is 24.3 Å². The average molecular weight is 456 g/mol. The number of nitriles is 1. The van der Waals surface area contributed by atoms with Crippen LogP contribution in [0.5, 0.6) is 0 Å². The van der Waals surface area contributed by atoms with Crippen molar-refractivity contribution in [2.24, 2.45) is 0 Å². The number of nitrogens with one attached hydrogen (secondary N) is 1. The highest BCUT2D eigenvalue weighted by Crippen LogP contribution is 2.44. The van der Waals surface area contributed by atoms with Crippen molar-refractivity contribution in [3.05, 3.63) is 101 Å². The first-order chi connectivity index (χ1) is 16.0. The minimum atomic E-state index is -3.80. The topological polar surface area (TPSA) is 92.0 Å². The number of hydrogen-bond donors (Lipinski definition) is 1. The Bertz CT molecular complexity index is 1490. The second-order valence-electron chi connectivity index (χ2n) is 8.19. The van der Waals surface area contributed by atoms with Gasteiger partial charge in [0.2, 0.25) is 0 Å². The standard InChI is InChI=1S/C26H21N3O3S/c27-15-18-5-7-19(8-6-18)16-28-26(30)21-11-13-22(14-12-21)33(31,32)29-17-24(20-9-10-20)23-3-1-2-4-25(23)29/h1-8,11-14,17,20H,9-10,16H2,(H,28,30). The zero-order valence-corrected chi connectivity index (χ0v) is 18.5. The fourth-order valence-electron chi connectivity index (χ4n) is 3.97. The van der Waals surface area contributed by atoms with Crippen molar-refractivity contribution in [2.45, 2.75) is 30.2 Å². The maximum absolute atomic E-state index is 13.4. The number of para-hydroxylation sites is 1. The molecule has 1 N–H and O–H groups in total. The lowest BCUT2D eigenvalue weighted by Crippen LogP contribution is -2.22. The fraction of sp³-hybridized carbons (Fsp3) is 0.154. The molecule has 0 aliphatic heterocycles. The van der Waals surface area contributed by atoms with Gasteiger partial charge in [-0.05, 0) is 72.4 Å². The zero-order valence-electron chi connectivity index (χ0n) is 17.7. The Hall–Kier alpha value is -3.89. The van der Waals surface area contributed by atoms with Gasteiger partial charge in [0.05, 0.1) is 22.0 Å². The van der Waals surface area contributed by atoms with Crippen LogP contribution in [0, 0.1) is 11.3 Å². The average Bonchev–Trinajstić information content (AvgIpc) is 3.62. The first-order valence-corrected chi connectivity index (χ1v) is 12.1. The van der Waals surface area contributed by atoms with E-state index in [2.05, 4.69) is 11.4 Å². The second-order valence-corrected chi connectivity index (χ2v) is 10.0. The van der Waals surface area contributed by atoms with Gasteiger partial charge in [0, 0.05) is 23.7 Å². The summed E-state index contributed by atoms with van der Waals surface area (Å²) < 4.78 is 28.1. The number of benzene rings is 3. The van der Waals surface area contributed by atoms with Crippen molar-refractivity contribution < 1.29 is 13.2 Å². The quantitative estimate of drug-likeness (QED) is 0.461. The molecule has 0 atom stereocenters. The van der Waals surface area contributed by atoms with E-state index in [4.69, 9.17) is 5.26 Å². The molecule has 5 rings (SSSR count). The van der Waals surface area contributed by atoms with Crippen LogP contribution in [0.3, 0.4) is 0 Å². The first kappa shape index (κ1) is 21.0. The van der Waals surface area contributed by atoms with Gasteiger partial charge in [0.25, 0.3) is 15.9 Å². The SMILES string of the molecule is N#Cc1ccc(CNC(=O)c2ccc(S(=O)(=O)n3cc(C4CC4)c4ccccc43)cc2)cc1. The van der Waals surface area contributed by atoms with Crippen LogP contribution >= 0.6 is 0 Å². The van der Waals surface area contributed by atoms with E-state index in [1.54, 1.807) is 30.5 Å². The Morgan fingerprint density at radius 2 is 1.70 bits per heavy atom. The van der Waals surface area contributed by atoms with Crippen molar-refractivity contribution in [1.82, 2.24) is 9.29 Å². The van der Waals surface area contributed by atoms with Gasteiger partial charge in [-0.2, -0.15) is 5.26 Å². The number of nitrogens with zero attached hydrogens (tertiary/aromatic N) is 2. The largest absolute Gasteiger partial charge is 0.348 e. The Morgan fingerprint density at radius 3 is 2.36 bits per heavy atom. The van der Waals surface area contributed by atoms with Gasteiger partial charge in [0.15, 0.2) is 0 Å². The molecule has 0 radical (unpaired) electrons. The molecule has 1 heterocycles. The van der Waals surface area contributed by atoms with Crippen LogP contribution in [0.2, 0.25) is 0 Å². The molecular weight excluding hydrogens is 434 g/mol. The van der Waals surface area contributed by atoms with Crippen molar-refractivity contribution in [2.75, 3.05) is 0 Å². The van der Waals surface area contributed by atoms with Crippen LogP contribution in [0.15, 0.2) is 83.9 Å². The molecule has 4 aromatic rings. The van der Waals surface area contributed by atoms with Crippen LogP contribution in [-0.4, -0.2) is 18.3 Å². The predicted octanol–water partition coefficient (Wildman–Crippen LogP) is 4.56. The summed E-state index contributed by atoms with van der Waals surface area (Å²) in [5.74, 6) is 0.124. The Balaban J connectivity index is 1.36. The van der Waals surface area contributed by atoms with Crippen LogP contribution < -0.4 is 5.32 Å². The van der Waals surface area contributed by atoms with Gasteiger partial charge in [-0.3, -0.25) is 4.79 Å². The highest BCUT2D eigenvalue weighted by atomic mass is 32.2. The van der Waals surface area contributed by atoms with Crippen molar-refractivity contribution in [3.8, 4) is 6.07 Å². The third-order valence-electron chi connectivity index (χ3n) is 5.94. The molecule has 1 amide bonds. The van der Waals surface area contributed by atoms with E-state index in [0.717, 1.165) is 29.4 Å². The van der Waals surface area contributed by atoms with Crippen molar-refractivity contribution in [3.63, 3.8) is 0 Å². The number of hydrogen-bond acceptors (Lipinski definition) is 4. The molecular formula is C26H21N3O3S. The van der Waals surface area contributed by atoms with Gasteiger partial charge < -0.3 is 5.32 Å². The van der Waals surface area contributed by atoms with Gasteiger partial charge in [0.1, 0.15) is 0 Å². The third-order valence-corrected chi connectivity index (χ3v) is 7.62. The summed E-state index contributed by atoms with van der Waals surface area (Å²) in [5.41, 5.74) is 3.55. The lowest BCUT2D eigenvalue weighted by Gasteiger charge is -2.09. The second kappa shape index (κ2) is 8.23. The third kappa shape index (κ3) is 4.01. The van der Waals surface area contributed by atoms with E-state index >= 15 is 0 Å². The number of rotatable bonds is 6. The van der Waals surface area contributed by atoms with Gasteiger partial charge in [-0.15, -0.1) is 0 Å². The van der Waals surface area contributed by atoms with E-state index < -0.39 is 10.0 Å². The number of aromatic nitrogens is 1. The highest BCUT2D eigenvalue weighted by molar-refractivity contribution is 7.90. The minimum Gasteiger partial charge on any atom is -0.348 e. The zero-order chi connectivity index (χ0) is 23.0. The number of carbonyl (C=O) groups excluding carboxylic acids is 1. The highest BCUT2D eigenvalue weighted by Gasteiger charge is 2.30. The van der Waals surface area contributed by atoms with Crippen LogP contribution in [0.4, 0.5) is 0 Å². The van der Waals surface area contributed by atoms with E-state index in [1.165, 1.54) is 28.2 Å². The molecule has 1 saturated carbocycles. The first-order valence-electron chi connectivity index (χ1n) is 10.7. The Morgan fingerprint density at radius 1 is 1.00 bits per heavy atom. The monoisotopic (exact) mass is 455 g/mol. The molecule has 1 aliphatic carbocycles. The predicted molar refractivity (Wildman–Crippen MR) is 125 cm³/mol. The molecule has 6 nitrogen and oxygen atoms in total. The fourth-order valence-corrected chi connectivity index (χ4v) is 5.34. The van der Waals surface area contributed by atoms with Crippen LogP contribution in [-0.2, 0) is 16.6 Å². The molecule has 1 aliphatic rings. The van der Waals surface area contributed by atoms with Gasteiger partial charge >= 0.3 is 0 Å². The molecule has 0 bridgehead atoms. The molecule has 7 heteroatoms. The maximum atomic E-state index is 13.4. The van der Waals surface area contributed by atoms with Gasteiger partial charge in [-0.25, -0.2) is 12.4 Å². The minimum absolute atomic E-state index is 0.134. The summed E-state index contributed by atoms with van der Waals surface area (Å²) >= 11 is 0. The maximum Gasteiger partial charge on any atom is 0.268 e. The molecule has 1 fully saturated rings. The Kier molecular flexibility index (Phi) is 5.23. The lowest BCUT2D eigenvalue weighted by atomic mass is 10.1. The molecule has 0 spiro atoms. The van der Waals surface area contributed by atoms with Crippen molar-refractivity contribution in [1.29, 1.82) is 5.26 Å². The van der Waals surface area contributed by atoms with Crippen LogP contribution in [0.1, 0.15) is 45.8 Å². The Labute approximate surface area is 192 Å². The molecule has 164 valence electrons. The van der Waals surface area contributed by atoms with Crippen LogP contribution in [0.25, 0.3) is 10.9 Å². The smallest absolute Gasteiger partial charge is 0.268 e.